The van der Waals surface area contributed by atoms with Crippen LogP contribution in [0.5, 0.6) is 5.75 Å². The van der Waals surface area contributed by atoms with Crippen LogP contribution in [0.1, 0.15) is 0 Å². The Balaban J connectivity index is 0.000000845. The molecule has 1 aromatic rings. The van der Waals surface area contributed by atoms with Gasteiger partial charge in [0.15, 0.2) is 5.75 Å². The van der Waals surface area contributed by atoms with Crippen molar-refractivity contribution in [2.75, 3.05) is 23.9 Å². The minimum Gasteiger partial charge on any atom is -0.487 e. The molecule has 0 radical (unpaired) electrons. The van der Waals surface area contributed by atoms with E-state index in [9.17, 15) is 0 Å². The van der Waals surface area contributed by atoms with Crippen LogP contribution in [0.3, 0.4) is 0 Å². The Morgan fingerprint density at radius 3 is 3.08 bits per heavy atom. The number of nitrogens with one attached hydrogen (secondary N) is 2. The van der Waals surface area contributed by atoms with Crippen molar-refractivity contribution in [2.45, 2.75) is 0 Å². The van der Waals surface area contributed by atoms with E-state index in [1.807, 2.05) is 18.2 Å². The molecule has 0 unspecified atom stereocenters. The highest BCUT2D eigenvalue weighted by Gasteiger charge is 2.12. The molecule has 2 rings (SSSR count). The summed E-state index contributed by atoms with van der Waals surface area (Å²) < 4.78 is 5.44. The number of hydrazine groups is 1. The SMILES string of the molecule is Cl.NNc1cccc2c1OCCN2. The maximum atomic E-state index is 5.44. The molecule has 0 fully saturated rings. The Kier molecular flexibility index (Phi) is 3.22. The van der Waals surface area contributed by atoms with Crippen molar-refractivity contribution >= 4 is 23.8 Å². The zero-order valence-electron chi connectivity index (χ0n) is 7.04. The minimum absolute atomic E-state index is 0. The van der Waals surface area contributed by atoms with Gasteiger partial charge in [-0.25, -0.2) is 0 Å². The van der Waals surface area contributed by atoms with E-state index in [0.29, 0.717) is 6.61 Å². The van der Waals surface area contributed by atoms with E-state index >= 15 is 0 Å². The first-order chi connectivity index (χ1) is 5.92. The van der Waals surface area contributed by atoms with E-state index in [0.717, 1.165) is 23.7 Å². The Labute approximate surface area is 82.8 Å². The summed E-state index contributed by atoms with van der Waals surface area (Å²) in [5.41, 5.74) is 4.41. The number of anilines is 2. The maximum Gasteiger partial charge on any atom is 0.166 e. The largest absolute Gasteiger partial charge is 0.487 e. The molecule has 5 heteroatoms. The zero-order chi connectivity index (χ0) is 8.39. The van der Waals surface area contributed by atoms with Crippen LogP contribution < -0.4 is 21.3 Å². The quantitative estimate of drug-likeness (QED) is 0.472. The molecular weight excluding hydrogens is 190 g/mol. The summed E-state index contributed by atoms with van der Waals surface area (Å²) in [7, 11) is 0. The standard InChI is InChI=1S/C8H11N3O.ClH/c9-11-7-3-1-2-6-8(7)12-5-4-10-6;/h1-3,10-11H,4-5,9H2;1H. The van der Waals surface area contributed by atoms with Crippen LogP contribution >= 0.6 is 12.4 Å². The molecule has 0 amide bonds. The average molecular weight is 202 g/mol. The monoisotopic (exact) mass is 201 g/mol. The first kappa shape index (κ1) is 9.95. The molecule has 0 atom stereocenters. The van der Waals surface area contributed by atoms with Gasteiger partial charge in [0.25, 0.3) is 0 Å². The molecule has 0 saturated carbocycles. The summed E-state index contributed by atoms with van der Waals surface area (Å²) in [5.74, 6) is 6.13. The second-order valence-corrected chi connectivity index (χ2v) is 2.60. The van der Waals surface area contributed by atoms with Gasteiger partial charge in [0.1, 0.15) is 6.61 Å². The Morgan fingerprint density at radius 1 is 1.46 bits per heavy atom. The van der Waals surface area contributed by atoms with Crippen LogP contribution in [-0.2, 0) is 0 Å². The summed E-state index contributed by atoms with van der Waals surface area (Å²) >= 11 is 0. The van der Waals surface area contributed by atoms with Crippen LogP contribution in [0.2, 0.25) is 0 Å². The summed E-state index contributed by atoms with van der Waals surface area (Å²) in [6.07, 6.45) is 0. The normalized spacial score (nSPS) is 13.0. The first-order valence-corrected chi connectivity index (χ1v) is 3.88. The minimum atomic E-state index is 0. The molecule has 0 spiro atoms. The van der Waals surface area contributed by atoms with Gasteiger partial charge in [0.05, 0.1) is 11.4 Å². The fourth-order valence-corrected chi connectivity index (χ4v) is 1.28. The molecule has 0 bridgehead atoms. The third kappa shape index (κ3) is 1.79. The Morgan fingerprint density at radius 2 is 2.31 bits per heavy atom. The predicted molar refractivity (Wildman–Crippen MR) is 55.5 cm³/mol. The van der Waals surface area contributed by atoms with Gasteiger partial charge < -0.3 is 15.5 Å². The van der Waals surface area contributed by atoms with E-state index in [1.54, 1.807) is 0 Å². The van der Waals surface area contributed by atoms with Crippen LogP contribution in [0.25, 0.3) is 0 Å². The molecule has 13 heavy (non-hydrogen) atoms. The average Bonchev–Trinajstić information content (AvgIpc) is 2.17. The number of nitrogen functional groups attached to an aromatic ring is 1. The third-order valence-corrected chi connectivity index (χ3v) is 1.83. The predicted octanol–water partition coefficient (Wildman–Crippen LogP) is 1.20. The second-order valence-electron chi connectivity index (χ2n) is 2.60. The van der Waals surface area contributed by atoms with Crippen molar-refractivity contribution in [3.8, 4) is 5.75 Å². The molecule has 1 aliphatic heterocycles. The van der Waals surface area contributed by atoms with Crippen molar-refractivity contribution < 1.29 is 4.74 Å². The highest BCUT2D eigenvalue weighted by atomic mass is 35.5. The molecule has 4 N–H and O–H groups in total. The lowest BCUT2D eigenvalue weighted by molar-refractivity contribution is 0.325. The van der Waals surface area contributed by atoms with Crippen molar-refractivity contribution in [3.05, 3.63) is 18.2 Å². The Bertz CT molecular complexity index is 278. The van der Waals surface area contributed by atoms with E-state index in [4.69, 9.17) is 10.6 Å². The number of nitrogens with two attached hydrogens (primary N) is 1. The fourth-order valence-electron chi connectivity index (χ4n) is 1.28. The summed E-state index contributed by atoms with van der Waals surface area (Å²) in [6, 6.07) is 5.77. The first-order valence-electron chi connectivity index (χ1n) is 3.88. The number of benzene rings is 1. The van der Waals surface area contributed by atoms with Crippen molar-refractivity contribution in [1.82, 2.24) is 0 Å². The number of hydrogen-bond acceptors (Lipinski definition) is 4. The van der Waals surface area contributed by atoms with Crippen LogP contribution in [-0.4, -0.2) is 13.2 Å². The molecule has 1 heterocycles. The number of hydrogen-bond donors (Lipinski definition) is 3. The van der Waals surface area contributed by atoms with Gasteiger partial charge in [-0.2, -0.15) is 0 Å². The number of rotatable bonds is 1. The molecule has 0 aromatic heterocycles. The summed E-state index contributed by atoms with van der Waals surface area (Å²) in [6.45, 7) is 1.53. The second kappa shape index (κ2) is 4.20. The molecule has 0 aliphatic carbocycles. The molecule has 1 aliphatic rings. The molecule has 72 valence electrons. The highest BCUT2D eigenvalue weighted by Crippen LogP contribution is 2.34. The number of ether oxygens (including phenoxy) is 1. The van der Waals surface area contributed by atoms with E-state index in [1.165, 1.54) is 0 Å². The molecule has 4 nitrogen and oxygen atoms in total. The van der Waals surface area contributed by atoms with Gasteiger partial charge >= 0.3 is 0 Å². The third-order valence-electron chi connectivity index (χ3n) is 1.83. The molecular formula is C8H12ClN3O. The smallest absolute Gasteiger partial charge is 0.166 e. The van der Waals surface area contributed by atoms with Crippen molar-refractivity contribution in [1.29, 1.82) is 0 Å². The number of para-hydroxylation sites is 1. The molecule has 1 aromatic carbocycles. The van der Waals surface area contributed by atoms with Gasteiger partial charge in [-0.15, -0.1) is 12.4 Å². The maximum absolute atomic E-state index is 5.44. The highest BCUT2D eigenvalue weighted by molar-refractivity contribution is 5.85. The van der Waals surface area contributed by atoms with Gasteiger partial charge in [0.2, 0.25) is 0 Å². The van der Waals surface area contributed by atoms with Gasteiger partial charge in [-0.1, -0.05) is 6.07 Å². The lowest BCUT2D eigenvalue weighted by Crippen LogP contribution is -2.20. The van der Waals surface area contributed by atoms with Crippen molar-refractivity contribution in [2.24, 2.45) is 5.84 Å². The molecule has 0 saturated heterocycles. The lowest BCUT2D eigenvalue weighted by Gasteiger charge is -2.21. The van der Waals surface area contributed by atoms with Crippen LogP contribution in [0, 0.1) is 0 Å². The van der Waals surface area contributed by atoms with E-state index in [-0.39, 0.29) is 12.4 Å². The lowest BCUT2D eigenvalue weighted by atomic mass is 10.2. The van der Waals surface area contributed by atoms with Gasteiger partial charge in [-0.3, -0.25) is 5.84 Å². The number of fused-ring (bicyclic) bond motifs is 1. The number of halogens is 1. The zero-order valence-corrected chi connectivity index (χ0v) is 7.86. The van der Waals surface area contributed by atoms with Gasteiger partial charge in [0, 0.05) is 6.54 Å². The van der Waals surface area contributed by atoms with Crippen LogP contribution in [0.15, 0.2) is 18.2 Å². The fraction of sp³-hybridized carbons (Fsp3) is 0.250. The van der Waals surface area contributed by atoms with E-state index < -0.39 is 0 Å². The summed E-state index contributed by atoms with van der Waals surface area (Å²) in [5, 5.41) is 3.22. The van der Waals surface area contributed by atoms with Crippen molar-refractivity contribution in [3.63, 3.8) is 0 Å². The summed E-state index contributed by atoms with van der Waals surface area (Å²) in [4.78, 5) is 0. The Hall–Kier alpha value is -1.13. The van der Waals surface area contributed by atoms with E-state index in [2.05, 4.69) is 10.7 Å². The van der Waals surface area contributed by atoms with Gasteiger partial charge in [-0.05, 0) is 12.1 Å². The topological polar surface area (TPSA) is 59.3 Å². The van der Waals surface area contributed by atoms with Crippen LogP contribution in [0.4, 0.5) is 11.4 Å².